The third-order valence-corrected chi connectivity index (χ3v) is 4.81. The molecule has 0 saturated heterocycles. The summed E-state index contributed by atoms with van der Waals surface area (Å²) < 4.78 is 0. The van der Waals surface area contributed by atoms with E-state index < -0.39 is 0 Å². The van der Waals surface area contributed by atoms with E-state index in [2.05, 4.69) is 37.9 Å². The Morgan fingerprint density at radius 3 is 2.19 bits per heavy atom. The number of aryl methyl sites for hydroxylation is 1. The zero-order valence-electron chi connectivity index (χ0n) is 14.4. The summed E-state index contributed by atoms with van der Waals surface area (Å²) in [7, 11) is 0. The van der Waals surface area contributed by atoms with Crippen LogP contribution in [0.25, 0.3) is 0 Å². The molecule has 0 aliphatic carbocycles. The van der Waals surface area contributed by atoms with Crippen molar-refractivity contribution < 1.29 is 0 Å². The van der Waals surface area contributed by atoms with Gasteiger partial charge in [0.2, 0.25) is 0 Å². The first-order valence-corrected chi connectivity index (χ1v) is 9.52. The summed E-state index contributed by atoms with van der Waals surface area (Å²) in [6.45, 7) is 13.3. The van der Waals surface area contributed by atoms with E-state index in [9.17, 15) is 0 Å². The second-order valence-corrected chi connectivity index (χ2v) is 6.65. The van der Waals surface area contributed by atoms with E-state index in [-0.39, 0.29) is 0 Å². The van der Waals surface area contributed by atoms with Gasteiger partial charge in [0.05, 0.1) is 5.69 Å². The molecule has 3 nitrogen and oxygen atoms in total. The summed E-state index contributed by atoms with van der Waals surface area (Å²) in [6.07, 6.45) is 7.24. The maximum Gasteiger partial charge on any atom is 0.185 e. The van der Waals surface area contributed by atoms with E-state index in [1.165, 1.54) is 47.8 Å². The lowest BCUT2D eigenvalue weighted by Gasteiger charge is -2.21. The van der Waals surface area contributed by atoms with Gasteiger partial charge in [0, 0.05) is 24.5 Å². The number of nitrogens with one attached hydrogen (secondary N) is 1. The molecule has 0 unspecified atom stereocenters. The molecule has 1 rings (SSSR count). The van der Waals surface area contributed by atoms with Crippen LogP contribution in [0.2, 0.25) is 0 Å². The van der Waals surface area contributed by atoms with Gasteiger partial charge in [-0.15, -0.1) is 11.3 Å². The summed E-state index contributed by atoms with van der Waals surface area (Å²) in [5.74, 6) is 0. The third-order valence-electron chi connectivity index (χ3n) is 3.65. The summed E-state index contributed by atoms with van der Waals surface area (Å²) in [6, 6.07) is 0. The molecule has 0 amide bonds. The van der Waals surface area contributed by atoms with Gasteiger partial charge in [-0.25, -0.2) is 4.98 Å². The van der Waals surface area contributed by atoms with Gasteiger partial charge >= 0.3 is 0 Å². The molecule has 1 aromatic heterocycles. The molecule has 0 saturated carbocycles. The lowest BCUT2D eigenvalue weighted by molar-refractivity contribution is 0.673. The van der Waals surface area contributed by atoms with Crippen LogP contribution in [0.3, 0.4) is 0 Å². The van der Waals surface area contributed by atoms with E-state index in [0.717, 1.165) is 32.6 Å². The highest BCUT2D eigenvalue weighted by Gasteiger charge is 2.14. The molecular weight excluding hydrogens is 278 g/mol. The second-order valence-electron chi connectivity index (χ2n) is 5.59. The highest BCUT2D eigenvalue weighted by molar-refractivity contribution is 7.15. The summed E-state index contributed by atoms with van der Waals surface area (Å²) in [4.78, 5) is 8.85. The highest BCUT2D eigenvalue weighted by Crippen LogP contribution is 2.27. The average Bonchev–Trinajstić information content (AvgIpc) is 2.91. The highest BCUT2D eigenvalue weighted by atomic mass is 32.1. The lowest BCUT2D eigenvalue weighted by atomic mass is 10.3. The van der Waals surface area contributed by atoms with Crippen molar-refractivity contribution in [1.82, 2.24) is 10.3 Å². The van der Waals surface area contributed by atoms with Crippen LogP contribution < -0.4 is 10.2 Å². The topological polar surface area (TPSA) is 28.2 Å². The van der Waals surface area contributed by atoms with Crippen LogP contribution in [0.5, 0.6) is 0 Å². The Labute approximate surface area is 135 Å². The first-order valence-electron chi connectivity index (χ1n) is 8.70. The van der Waals surface area contributed by atoms with Crippen molar-refractivity contribution in [3.63, 3.8) is 0 Å². The largest absolute Gasteiger partial charge is 0.348 e. The number of anilines is 1. The molecule has 1 aromatic rings. The second kappa shape index (κ2) is 11.0. The maximum atomic E-state index is 4.92. The Balaban J connectivity index is 2.76. The van der Waals surface area contributed by atoms with Crippen molar-refractivity contribution in [2.45, 2.75) is 72.8 Å². The monoisotopic (exact) mass is 311 g/mol. The van der Waals surface area contributed by atoms with Crippen molar-refractivity contribution in [2.24, 2.45) is 0 Å². The Hall–Kier alpha value is -0.610. The standard InChI is InChI=1S/C17H33N3S/c1-5-9-12-20(13-10-6-2)17-19-15(8-4)16(21-17)14-18-11-7-3/h18H,5-14H2,1-4H3. The number of rotatable bonds is 12. The number of thiazole rings is 1. The number of nitrogens with zero attached hydrogens (tertiary/aromatic N) is 2. The summed E-state index contributed by atoms with van der Waals surface area (Å²) in [5.41, 5.74) is 1.29. The van der Waals surface area contributed by atoms with E-state index in [1.54, 1.807) is 0 Å². The quantitative estimate of drug-likeness (QED) is 0.571. The third kappa shape index (κ3) is 6.35. The molecule has 0 aromatic carbocycles. The van der Waals surface area contributed by atoms with E-state index in [1.807, 2.05) is 11.3 Å². The van der Waals surface area contributed by atoms with Crippen molar-refractivity contribution in [3.05, 3.63) is 10.6 Å². The molecule has 4 heteroatoms. The predicted molar refractivity (Wildman–Crippen MR) is 95.5 cm³/mol. The fourth-order valence-electron chi connectivity index (χ4n) is 2.30. The Bertz CT molecular complexity index is 368. The zero-order valence-corrected chi connectivity index (χ0v) is 15.2. The van der Waals surface area contributed by atoms with Crippen LogP contribution in [-0.4, -0.2) is 24.6 Å². The number of unbranched alkanes of at least 4 members (excludes halogenated alkanes) is 2. The minimum atomic E-state index is 0.976. The fraction of sp³-hybridized carbons (Fsp3) is 0.824. The summed E-state index contributed by atoms with van der Waals surface area (Å²) >= 11 is 1.90. The van der Waals surface area contributed by atoms with Gasteiger partial charge in [-0.05, 0) is 32.2 Å². The molecule has 0 atom stereocenters. The number of hydrogen-bond donors (Lipinski definition) is 1. The van der Waals surface area contributed by atoms with Crippen molar-refractivity contribution >= 4 is 16.5 Å². The van der Waals surface area contributed by atoms with Gasteiger partial charge in [-0.3, -0.25) is 0 Å². The first-order chi connectivity index (χ1) is 10.3. The van der Waals surface area contributed by atoms with Gasteiger partial charge in [0.1, 0.15) is 0 Å². The molecular formula is C17H33N3S. The van der Waals surface area contributed by atoms with Crippen molar-refractivity contribution in [2.75, 3.05) is 24.5 Å². The van der Waals surface area contributed by atoms with Crippen LogP contribution in [0.1, 0.15) is 70.4 Å². The van der Waals surface area contributed by atoms with E-state index >= 15 is 0 Å². The molecule has 0 aliphatic heterocycles. The van der Waals surface area contributed by atoms with E-state index in [0.29, 0.717) is 0 Å². The van der Waals surface area contributed by atoms with Gasteiger partial charge < -0.3 is 10.2 Å². The van der Waals surface area contributed by atoms with Gasteiger partial charge in [0.15, 0.2) is 5.13 Å². The minimum absolute atomic E-state index is 0.976. The molecule has 1 N–H and O–H groups in total. The molecule has 122 valence electrons. The average molecular weight is 312 g/mol. The Kier molecular flexibility index (Phi) is 9.68. The molecule has 0 bridgehead atoms. The lowest BCUT2D eigenvalue weighted by Crippen LogP contribution is -2.25. The molecule has 0 aliphatic rings. The van der Waals surface area contributed by atoms with Gasteiger partial charge in [-0.1, -0.05) is 40.5 Å². The van der Waals surface area contributed by atoms with Gasteiger partial charge in [-0.2, -0.15) is 0 Å². The van der Waals surface area contributed by atoms with Crippen molar-refractivity contribution in [1.29, 1.82) is 0 Å². The zero-order chi connectivity index (χ0) is 15.5. The maximum absolute atomic E-state index is 4.92. The number of hydrogen-bond acceptors (Lipinski definition) is 4. The van der Waals surface area contributed by atoms with Crippen molar-refractivity contribution in [3.8, 4) is 0 Å². The fourth-order valence-corrected chi connectivity index (χ4v) is 3.47. The van der Waals surface area contributed by atoms with E-state index in [4.69, 9.17) is 4.98 Å². The van der Waals surface area contributed by atoms with Gasteiger partial charge in [0.25, 0.3) is 0 Å². The summed E-state index contributed by atoms with van der Waals surface area (Å²) in [5, 5.41) is 4.75. The van der Waals surface area contributed by atoms with Crippen LogP contribution >= 0.6 is 11.3 Å². The van der Waals surface area contributed by atoms with Crippen LogP contribution in [0, 0.1) is 0 Å². The molecule has 0 radical (unpaired) electrons. The molecule has 0 spiro atoms. The SMILES string of the molecule is CCCCN(CCCC)c1nc(CC)c(CNCCC)s1. The van der Waals surface area contributed by atoms with Crippen LogP contribution in [0.15, 0.2) is 0 Å². The minimum Gasteiger partial charge on any atom is -0.348 e. The smallest absolute Gasteiger partial charge is 0.185 e. The molecule has 21 heavy (non-hydrogen) atoms. The molecule has 0 fully saturated rings. The number of aromatic nitrogens is 1. The Morgan fingerprint density at radius 2 is 1.67 bits per heavy atom. The normalized spacial score (nSPS) is 11.0. The van der Waals surface area contributed by atoms with Crippen LogP contribution in [0.4, 0.5) is 5.13 Å². The molecule has 1 heterocycles. The Morgan fingerprint density at radius 1 is 1.00 bits per heavy atom. The predicted octanol–water partition coefficient (Wildman–Crippen LogP) is 4.61. The van der Waals surface area contributed by atoms with Crippen LogP contribution in [-0.2, 0) is 13.0 Å². The first kappa shape index (κ1) is 18.4.